The standard InChI is InChI=1S/C27H56O6/c1-11-15-17-19-29-26(14-4,33-31-21-24(7)13-3)27(30-20-23(5)6,32-25(8,9)10)22-28-18-16-12-2/h23-24H,11-22H2,1-10H3. The Labute approximate surface area is 205 Å². The van der Waals surface area contributed by atoms with E-state index in [0.29, 0.717) is 44.7 Å². The lowest BCUT2D eigenvalue weighted by Gasteiger charge is -2.49. The van der Waals surface area contributed by atoms with Crippen LogP contribution in [0.25, 0.3) is 0 Å². The van der Waals surface area contributed by atoms with Gasteiger partial charge < -0.3 is 18.9 Å². The van der Waals surface area contributed by atoms with E-state index in [1.807, 2.05) is 27.7 Å². The molecule has 0 spiro atoms. The van der Waals surface area contributed by atoms with Crippen LogP contribution in [0.3, 0.4) is 0 Å². The van der Waals surface area contributed by atoms with Crippen molar-refractivity contribution in [2.75, 3.05) is 33.0 Å². The molecule has 0 saturated heterocycles. The lowest BCUT2D eigenvalue weighted by molar-refractivity contribution is -0.518. The summed E-state index contributed by atoms with van der Waals surface area (Å²) < 4.78 is 25.9. The van der Waals surface area contributed by atoms with Crippen LogP contribution in [-0.4, -0.2) is 50.2 Å². The van der Waals surface area contributed by atoms with E-state index < -0.39 is 17.2 Å². The fourth-order valence-electron chi connectivity index (χ4n) is 3.23. The SMILES string of the molecule is CCCCCOC(CC)(OOCC(C)CC)C(COCCCC)(OCC(C)C)OC(C)(C)C. The third-order valence-electron chi connectivity index (χ3n) is 5.43. The van der Waals surface area contributed by atoms with Gasteiger partial charge in [-0.2, -0.15) is 4.89 Å². The number of ether oxygens (including phenoxy) is 4. The van der Waals surface area contributed by atoms with E-state index in [2.05, 4.69) is 41.5 Å². The summed E-state index contributed by atoms with van der Waals surface area (Å²) in [4.78, 5) is 12.0. The van der Waals surface area contributed by atoms with Crippen LogP contribution in [0, 0.1) is 11.8 Å². The molecule has 0 amide bonds. The summed E-state index contributed by atoms with van der Waals surface area (Å²) in [5.74, 6) is -1.86. The fraction of sp³-hybridized carbons (Fsp3) is 1.00. The highest BCUT2D eigenvalue weighted by atomic mass is 17.2. The van der Waals surface area contributed by atoms with Crippen molar-refractivity contribution in [2.24, 2.45) is 11.8 Å². The number of hydrogen-bond donors (Lipinski definition) is 0. The summed E-state index contributed by atoms with van der Waals surface area (Å²) in [7, 11) is 0. The molecule has 0 aliphatic rings. The molecule has 6 nitrogen and oxygen atoms in total. The predicted octanol–water partition coefficient (Wildman–Crippen LogP) is 7.29. The van der Waals surface area contributed by atoms with Crippen molar-refractivity contribution < 1.29 is 28.7 Å². The molecule has 3 unspecified atom stereocenters. The van der Waals surface area contributed by atoms with Crippen molar-refractivity contribution >= 4 is 0 Å². The van der Waals surface area contributed by atoms with Gasteiger partial charge >= 0.3 is 0 Å². The average Bonchev–Trinajstić information content (AvgIpc) is 2.75. The summed E-state index contributed by atoms with van der Waals surface area (Å²) in [6.45, 7) is 23.3. The minimum Gasteiger partial charge on any atom is -0.376 e. The van der Waals surface area contributed by atoms with Gasteiger partial charge in [-0.3, -0.25) is 0 Å². The number of rotatable bonds is 21. The van der Waals surface area contributed by atoms with E-state index in [9.17, 15) is 0 Å². The van der Waals surface area contributed by atoms with Gasteiger partial charge in [-0.1, -0.05) is 74.1 Å². The topological polar surface area (TPSA) is 55.4 Å². The van der Waals surface area contributed by atoms with Crippen molar-refractivity contribution in [1.29, 1.82) is 0 Å². The van der Waals surface area contributed by atoms with Gasteiger partial charge in [0.2, 0.25) is 0 Å². The van der Waals surface area contributed by atoms with Crippen LogP contribution in [0.4, 0.5) is 0 Å². The zero-order chi connectivity index (χ0) is 25.4. The van der Waals surface area contributed by atoms with Crippen LogP contribution in [-0.2, 0) is 28.7 Å². The van der Waals surface area contributed by atoms with Crippen LogP contribution < -0.4 is 0 Å². The van der Waals surface area contributed by atoms with E-state index >= 15 is 0 Å². The first-order valence-electron chi connectivity index (χ1n) is 13.4. The molecular formula is C27H56O6. The Bertz CT molecular complexity index is 464. The summed E-state index contributed by atoms with van der Waals surface area (Å²) in [5.41, 5.74) is -0.516. The van der Waals surface area contributed by atoms with Gasteiger partial charge in [0.1, 0.15) is 6.61 Å². The van der Waals surface area contributed by atoms with Crippen LogP contribution in [0.5, 0.6) is 0 Å². The highest BCUT2D eigenvalue weighted by Gasteiger charge is 2.59. The molecule has 0 N–H and O–H groups in total. The van der Waals surface area contributed by atoms with Gasteiger partial charge in [-0.05, 0) is 45.4 Å². The highest BCUT2D eigenvalue weighted by molar-refractivity contribution is 4.91. The van der Waals surface area contributed by atoms with Gasteiger partial charge in [0, 0.05) is 13.0 Å². The molecule has 0 aliphatic heterocycles. The molecule has 0 aromatic rings. The van der Waals surface area contributed by atoms with Gasteiger partial charge in [-0.25, -0.2) is 4.89 Å². The monoisotopic (exact) mass is 476 g/mol. The smallest absolute Gasteiger partial charge is 0.258 e. The van der Waals surface area contributed by atoms with Crippen LogP contribution in [0.15, 0.2) is 0 Å². The summed E-state index contributed by atoms with van der Waals surface area (Å²) in [6, 6.07) is 0. The third kappa shape index (κ3) is 12.9. The summed E-state index contributed by atoms with van der Waals surface area (Å²) >= 11 is 0. The number of hydrogen-bond acceptors (Lipinski definition) is 6. The van der Waals surface area contributed by atoms with Crippen molar-refractivity contribution in [2.45, 2.75) is 131 Å². The second-order valence-corrected chi connectivity index (χ2v) is 10.6. The Hall–Kier alpha value is -0.240. The van der Waals surface area contributed by atoms with E-state index in [-0.39, 0.29) is 6.61 Å². The molecule has 6 heteroatoms. The molecule has 0 aliphatic carbocycles. The lowest BCUT2D eigenvalue weighted by atomic mass is 10.0. The first kappa shape index (κ1) is 32.8. The molecule has 0 bridgehead atoms. The predicted molar refractivity (Wildman–Crippen MR) is 135 cm³/mol. The quantitative estimate of drug-likeness (QED) is 0.0750. The first-order valence-corrected chi connectivity index (χ1v) is 13.4. The Morgan fingerprint density at radius 1 is 0.727 bits per heavy atom. The molecule has 0 saturated carbocycles. The van der Waals surface area contributed by atoms with Gasteiger partial charge in [0.15, 0.2) is 0 Å². The summed E-state index contributed by atoms with van der Waals surface area (Å²) in [5, 5.41) is 0. The Morgan fingerprint density at radius 3 is 1.91 bits per heavy atom. The molecule has 0 aromatic carbocycles. The Balaban J connectivity index is 6.20. The molecule has 0 radical (unpaired) electrons. The third-order valence-corrected chi connectivity index (χ3v) is 5.43. The van der Waals surface area contributed by atoms with E-state index in [4.69, 9.17) is 28.7 Å². The molecule has 0 fully saturated rings. The average molecular weight is 477 g/mol. The second-order valence-electron chi connectivity index (χ2n) is 10.6. The van der Waals surface area contributed by atoms with Gasteiger partial charge in [-0.15, -0.1) is 0 Å². The van der Waals surface area contributed by atoms with E-state index in [1.165, 1.54) is 0 Å². The largest absolute Gasteiger partial charge is 0.376 e. The van der Waals surface area contributed by atoms with Crippen LogP contribution in [0.1, 0.15) is 114 Å². The van der Waals surface area contributed by atoms with Crippen molar-refractivity contribution in [3.8, 4) is 0 Å². The molecule has 200 valence electrons. The van der Waals surface area contributed by atoms with Gasteiger partial charge in [0.05, 0.1) is 25.4 Å². The van der Waals surface area contributed by atoms with Crippen molar-refractivity contribution in [3.05, 3.63) is 0 Å². The normalized spacial score (nSPS) is 17.2. The Morgan fingerprint density at radius 2 is 1.39 bits per heavy atom. The molecule has 3 atom stereocenters. The molecular weight excluding hydrogens is 420 g/mol. The van der Waals surface area contributed by atoms with E-state index in [1.54, 1.807) is 0 Å². The maximum atomic E-state index is 6.68. The highest BCUT2D eigenvalue weighted by Crippen LogP contribution is 2.40. The van der Waals surface area contributed by atoms with Gasteiger partial charge in [0.25, 0.3) is 11.6 Å². The minimum atomic E-state index is -1.28. The first-order chi connectivity index (χ1) is 15.5. The summed E-state index contributed by atoms with van der Waals surface area (Å²) in [6.07, 6.45) is 6.65. The molecule has 33 heavy (non-hydrogen) atoms. The second kappa shape index (κ2) is 17.2. The maximum absolute atomic E-state index is 6.68. The van der Waals surface area contributed by atoms with Crippen LogP contribution in [0.2, 0.25) is 0 Å². The maximum Gasteiger partial charge on any atom is 0.258 e. The van der Waals surface area contributed by atoms with Crippen LogP contribution >= 0.6 is 0 Å². The zero-order valence-corrected chi connectivity index (χ0v) is 23.6. The van der Waals surface area contributed by atoms with Crippen molar-refractivity contribution in [3.63, 3.8) is 0 Å². The fourth-order valence-corrected chi connectivity index (χ4v) is 3.23. The van der Waals surface area contributed by atoms with Crippen molar-refractivity contribution in [1.82, 2.24) is 0 Å². The lowest BCUT2D eigenvalue weighted by Crippen LogP contribution is -2.65. The molecule has 0 rings (SSSR count). The molecule has 0 heterocycles. The number of unbranched alkanes of at least 4 members (excludes halogenated alkanes) is 3. The Kier molecular flexibility index (Phi) is 17.1. The zero-order valence-electron chi connectivity index (χ0n) is 23.6. The minimum absolute atomic E-state index is 0.200. The van der Waals surface area contributed by atoms with E-state index in [0.717, 1.165) is 38.5 Å². The molecule has 0 aromatic heterocycles.